The summed E-state index contributed by atoms with van der Waals surface area (Å²) in [7, 11) is 0. The molecule has 0 saturated heterocycles. The van der Waals surface area contributed by atoms with Crippen LogP contribution in [0.5, 0.6) is 0 Å². The van der Waals surface area contributed by atoms with Gasteiger partial charge in [0.15, 0.2) is 0 Å². The molecule has 0 aromatic rings. The van der Waals surface area contributed by atoms with Crippen molar-refractivity contribution >= 4 is 0 Å². The summed E-state index contributed by atoms with van der Waals surface area (Å²) in [5.74, 6) is 5.12. The van der Waals surface area contributed by atoms with Gasteiger partial charge in [-0.05, 0) is 90.9 Å². The lowest BCUT2D eigenvalue weighted by Gasteiger charge is -2.56. The monoisotopic (exact) mass is 268 g/mol. The maximum atomic E-state index is 2.66. The molecule has 5 aliphatic carbocycles. The maximum absolute atomic E-state index is 2.66. The van der Waals surface area contributed by atoms with Crippen LogP contribution in [-0.4, -0.2) is 0 Å². The van der Waals surface area contributed by atoms with E-state index in [0.717, 1.165) is 29.6 Å². The maximum Gasteiger partial charge on any atom is -0.00445 e. The first-order chi connectivity index (χ1) is 9.62. The van der Waals surface area contributed by atoms with Crippen LogP contribution in [0.3, 0.4) is 0 Å². The van der Waals surface area contributed by atoms with Gasteiger partial charge in [-0.25, -0.2) is 0 Å². The summed E-state index contributed by atoms with van der Waals surface area (Å²) in [4.78, 5) is 0. The van der Waals surface area contributed by atoms with Gasteiger partial charge in [0.2, 0.25) is 0 Å². The molecule has 0 amide bonds. The quantitative estimate of drug-likeness (QED) is 0.554. The smallest absolute Gasteiger partial charge is 0.00445 e. The van der Waals surface area contributed by atoms with E-state index in [1.165, 1.54) is 32.1 Å². The first kappa shape index (κ1) is 12.1. The van der Waals surface area contributed by atoms with Crippen molar-refractivity contribution in [1.82, 2.24) is 0 Å². The Hall–Kier alpha value is -0.520. The number of hydrogen-bond acceptors (Lipinski definition) is 0. The molecular weight excluding hydrogens is 240 g/mol. The van der Waals surface area contributed by atoms with Gasteiger partial charge in [0, 0.05) is 0 Å². The number of fused-ring (bicyclic) bond motifs is 7. The summed E-state index contributed by atoms with van der Waals surface area (Å²) >= 11 is 0. The minimum atomic E-state index is 0.520. The molecule has 0 aliphatic heterocycles. The summed E-state index contributed by atoms with van der Waals surface area (Å²) in [5, 5.41) is 0. The van der Waals surface area contributed by atoms with Gasteiger partial charge in [-0.3, -0.25) is 0 Å². The van der Waals surface area contributed by atoms with Gasteiger partial charge in [0.25, 0.3) is 0 Å². The molecule has 108 valence electrons. The normalized spacial score (nSPS) is 59.1. The van der Waals surface area contributed by atoms with Crippen LogP contribution < -0.4 is 0 Å². The Kier molecular flexibility index (Phi) is 2.19. The highest BCUT2D eigenvalue weighted by Gasteiger charge is 2.64. The molecule has 2 unspecified atom stereocenters. The van der Waals surface area contributed by atoms with E-state index < -0.39 is 0 Å². The molecule has 0 radical (unpaired) electrons. The largest absolute Gasteiger partial charge is 0.0808 e. The number of allylic oxidation sites excluding steroid dienone is 4. The van der Waals surface area contributed by atoms with Crippen LogP contribution in [0.1, 0.15) is 58.8 Å². The molecule has 0 spiro atoms. The Bertz CT molecular complexity index is 512. The Morgan fingerprint density at radius 1 is 1.20 bits per heavy atom. The Labute approximate surface area is 123 Å². The minimum absolute atomic E-state index is 0.520. The summed E-state index contributed by atoms with van der Waals surface area (Å²) in [5.41, 5.74) is 2.91. The molecule has 0 N–H and O–H groups in total. The van der Waals surface area contributed by atoms with Crippen LogP contribution in [-0.2, 0) is 0 Å². The Morgan fingerprint density at radius 2 is 2.10 bits per heavy atom. The van der Waals surface area contributed by atoms with E-state index in [1.807, 2.05) is 0 Å². The molecule has 0 bridgehead atoms. The zero-order chi connectivity index (χ0) is 13.5. The van der Waals surface area contributed by atoms with E-state index in [0.29, 0.717) is 10.8 Å². The molecule has 0 heteroatoms. The Balaban J connectivity index is 1.59. The van der Waals surface area contributed by atoms with Crippen molar-refractivity contribution in [2.45, 2.75) is 58.8 Å². The average Bonchev–Trinajstić information content (AvgIpc) is 3.09. The van der Waals surface area contributed by atoms with E-state index >= 15 is 0 Å². The third-order valence-electron chi connectivity index (χ3n) is 8.12. The summed E-state index contributed by atoms with van der Waals surface area (Å²) in [6.45, 7) is 5.23. The zero-order valence-corrected chi connectivity index (χ0v) is 13.1. The second kappa shape index (κ2) is 3.62. The van der Waals surface area contributed by atoms with Crippen molar-refractivity contribution in [1.29, 1.82) is 0 Å². The predicted molar refractivity (Wildman–Crippen MR) is 83.2 cm³/mol. The van der Waals surface area contributed by atoms with Crippen molar-refractivity contribution in [3.63, 3.8) is 0 Å². The fraction of sp³-hybridized carbons (Fsp3) is 0.800. The van der Waals surface area contributed by atoms with E-state index in [9.17, 15) is 0 Å². The van der Waals surface area contributed by atoms with Crippen molar-refractivity contribution in [3.05, 3.63) is 23.8 Å². The second-order valence-electron chi connectivity index (χ2n) is 9.09. The lowest BCUT2D eigenvalue weighted by atomic mass is 9.49. The van der Waals surface area contributed by atoms with Gasteiger partial charge in [-0.1, -0.05) is 32.1 Å². The van der Waals surface area contributed by atoms with E-state index in [-0.39, 0.29) is 0 Å². The molecule has 5 aliphatic rings. The fourth-order valence-electron chi connectivity index (χ4n) is 7.12. The molecular formula is C20H28. The van der Waals surface area contributed by atoms with Crippen molar-refractivity contribution < 1.29 is 0 Å². The fourth-order valence-corrected chi connectivity index (χ4v) is 7.12. The highest BCUT2D eigenvalue weighted by molar-refractivity contribution is 5.35. The van der Waals surface area contributed by atoms with Crippen molar-refractivity contribution in [2.24, 2.45) is 40.4 Å². The van der Waals surface area contributed by atoms with Crippen LogP contribution in [0.4, 0.5) is 0 Å². The van der Waals surface area contributed by atoms with Crippen molar-refractivity contribution in [2.75, 3.05) is 0 Å². The molecule has 3 saturated carbocycles. The highest BCUT2D eigenvalue weighted by atomic mass is 14.7. The van der Waals surface area contributed by atoms with Crippen LogP contribution in [0.15, 0.2) is 23.8 Å². The molecule has 0 aromatic carbocycles. The van der Waals surface area contributed by atoms with Crippen molar-refractivity contribution in [3.8, 4) is 0 Å². The second-order valence-corrected chi connectivity index (χ2v) is 9.09. The average molecular weight is 268 g/mol. The predicted octanol–water partition coefficient (Wildman–Crippen LogP) is 5.36. The van der Waals surface area contributed by atoms with E-state index in [1.54, 1.807) is 18.4 Å². The lowest BCUT2D eigenvalue weighted by Crippen LogP contribution is -2.48. The van der Waals surface area contributed by atoms with Crippen LogP contribution in [0, 0.1) is 40.4 Å². The standard InChI is InChI=1S/C20H28/c1-19-10-8-17-15(18(19)16-11-13(16)12-19)7-6-14-5-3-4-9-20(14,17)2/h5-7,13,15-18H,3-4,8-12H2,1-2H3/t13?,15-,16?,17+,18-,19-,20+/m1/s1. The van der Waals surface area contributed by atoms with Gasteiger partial charge >= 0.3 is 0 Å². The van der Waals surface area contributed by atoms with E-state index in [4.69, 9.17) is 0 Å². The topological polar surface area (TPSA) is 0 Å². The number of rotatable bonds is 0. The summed E-state index contributed by atoms with van der Waals surface area (Å²) in [6.07, 6.45) is 18.1. The van der Waals surface area contributed by atoms with Crippen LogP contribution in [0.2, 0.25) is 0 Å². The van der Waals surface area contributed by atoms with Gasteiger partial charge in [0.05, 0.1) is 0 Å². The van der Waals surface area contributed by atoms with Gasteiger partial charge in [0.1, 0.15) is 0 Å². The van der Waals surface area contributed by atoms with Gasteiger partial charge < -0.3 is 0 Å². The molecule has 0 nitrogen and oxygen atoms in total. The molecule has 0 aromatic heterocycles. The van der Waals surface area contributed by atoms with E-state index in [2.05, 4.69) is 32.1 Å². The first-order valence-corrected chi connectivity index (χ1v) is 9.01. The highest BCUT2D eigenvalue weighted by Crippen LogP contribution is 2.72. The summed E-state index contributed by atoms with van der Waals surface area (Å²) < 4.78 is 0. The Morgan fingerprint density at radius 3 is 3.00 bits per heavy atom. The molecule has 7 atom stereocenters. The SMILES string of the molecule is C[C@]12CC[C@H]3[C@@H](C=CC4=CCCC[C@@]43C)[C@@H]1C1CC1C2. The van der Waals surface area contributed by atoms with Gasteiger partial charge in [-0.2, -0.15) is 0 Å². The molecule has 20 heavy (non-hydrogen) atoms. The first-order valence-electron chi connectivity index (χ1n) is 9.01. The third-order valence-corrected chi connectivity index (χ3v) is 8.12. The van der Waals surface area contributed by atoms with Crippen LogP contribution in [0.25, 0.3) is 0 Å². The van der Waals surface area contributed by atoms with Crippen LogP contribution >= 0.6 is 0 Å². The summed E-state index contributed by atoms with van der Waals surface area (Å²) in [6, 6.07) is 0. The molecule has 3 fully saturated rings. The molecule has 0 heterocycles. The minimum Gasteiger partial charge on any atom is -0.0808 e. The zero-order valence-electron chi connectivity index (χ0n) is 13.1. The molecule has 5 rings (SSSR count). The lowest BCUT2D eigenvalue weighted by molar-refractivity contribution is -0.00944. The number of hydrogen-bond donors (Lipinski definition) is 0. The third kappa shape index (κ3) is 1.34. The van der Waals surface area contributed by atoms with Gasteiger partial charge in [-0.15, -0.1) is 0 Å².